The first kappa shape index (κ1) is 74.4. The molecule has 0 aromatic carbocycles. The van der Waals surface area contributed by atoms with E-state index in [0.717, 1.165) is 13.8 Å². The fourth-order valence-corrected chi connectivity index (χ4v) is 11.3. The van der Waals surface area contributed by atoms with Gasteiger partial charge >= 0.3 is 0 Å². The summed E-state index contributed by atoms with van der Waals surface area (Å²) < 4.78 is 81.2. The zero-order chi connectivity index (χ0) is 66.3. The second-order valence-electron chi connectivity index (χ2n) is 22.5. The summed E-state index contributed by atoms with van der Waals surface area (Å²) in [5.74, 6) is -1.81. The van der Waals surface area contributed by atoms with Crippen LogP contribution in [-0.2, 0) is 80.7 Å². The minimum atomic E-state index is -2.32. The van der Waals surface area contributed by atoms with Crippen LogP contribution in [0.4, 0.5) is 0 Å². The minimum Gasteiger partial charge on any atom is -0.394 e. The fourth-order valence-electron chi connectivity index (χ4n) is 11.3. The van der Waals surface area contributed by atoms with Gasteiger partial charge in [-0.3, -0.25) is 14.4 Å². The molecule has 36 atom stereocenters. The third kappa shape index (κ3) is 16.5. The van der Waals surface area contributed by atoms with Crippen molar-refractivity contribution in [3.8, 4) is 0 Å². The van der Waals surface area contributed by atoms with Gasteiger partial charge in [0, 0.05) is 13.8 Å². The Morgan fingerprint density at radius 2 is 0.744 bits per heavy atom. The third-order valence-electron chi connectivity index (χ3n) is 16.3. The van der Waals surface area contributed by atoms with Crippen molar-refractivity contribution in [2.75, 3.05) is 52.9 Å². The number of nitrogens with one attached hydrogen (secondary N) is 3. The number of hydrogen-bond donors (Lipinski definition) is 23. The van der Waals surface area contributed by atoms with E-state index in [0.29, 0.717) is 0 Å². The number of amides is 3. The lowest BCUT2D eigenvalue weighted by Crippen LogP contribution is -2.71. The normalized spacial score (nSPS) is 48.1. The molecule has 0 radical (unpaired) electrons. The minimum absolute atomic E-state index is 0.268. The Balaban J connectivity index is 1.10. The molecule has 3 amide bonds. The molecule has 0 aromatic heterocycles. The first-order valence-electron chi connectivity index (χ1n) is 28.7. The lowest BCUT2D eigenvalue weighted by Gasteiger charge is -2.51. The van der Waals surface area contributed by atoms with E-state index in [1.807, 2.05) is 0 Å². The molecule has 7 saturated heterocycles. The van der Waals surface area contributed by atoms with Gasteiger partial charge in [0.1, 0.15) is 165 Å². The predicted octanol–water partition coefficient (Wildman–Crippen LogP) is -15.8. The van der Waals surface area contributed by atoms with Gasteiger partial charge < -0.3 is 184 Å². The summed E-state index contributed by atoms with van der Waals surface area (Å²) in [6, 6.07) is -4.70. The van der Waals surface area contributed by atoms with Crippen LogP contribution in [0.3, 0.4) is 0 Å². The van der Waals surface area contributed by atoms with Crippen molar-refractivity contribution in [2.45, 2.75) is 242 Å². The van der Waals surface area contributed by atoms with Crippen LogP contribution >= 0.6 is 0 Å². The average Bonchev–Trinajstić information content (AvgIpc) is 1.03. The van der Waals surface area contributed by atoms with Crippen LogP contribution in [0, 0.1) is 0 Å². The van der Waals surface area contributed by atoms with Crippen molar-refractivity contribution < 1.29 is 183 Å². The topological polar surface area (TPSA) is 621 Å². The summed E-state index contributed by atoms with van der Waals surface area (Å²) >= 11 is 0. The van der Waals surface area contributed by atoms with Crippen molar-refractivity contribution in [3.63, 3.8) is 0 Å². The van der Waals surface area contributed by atoms with Crippen molar-refractivity contribution in [3.05, 3.63) is 0 Å². The van der Waals surface area contributed by atoms with Gasteiger partial charge in [-0.2, -0.15) is 0 Å². The largest absolute Gasteiger partial charge is 0.394 e. The number of aliphatic hydroxyl groups is 20. The van der Waals surface area contributed by atoms with Gasteiger partial charge in [0.15, 0.2) is 44.0 Å². The Bertz CT molecular complexity index is 2230. The van der Waals surface area contributed by atoms with E-state index in [2.05, 4.69) is 16.0 Å². The lowest BCUT2D eigenvalue weighted by molar-refractivity contribution is -0.392. The van der Waals surface area contributed by atoms with Crippen LogP contribution in [0.1, 0.15) is 20.8 Å². The predicted molar refractivity (Wildman–Crippen MR) is 277 cm³/mol. The van der Waals surface area contributed by atoms with Gasteiger partial charge in [-0.05, 0) is 6.92 Å². The highest BCUT2D eigenvalue weighted by atomic mass is 16.8. The average molecular weight is 1320 g/mol. The SMILES string of the molecule is CC(=O)N[C@H]1[C@H](O[C@H]2[C@@H](O)[C@@H](CO)O[C@@H](O[C@H]3[C@H](O)[C@@H](O)[C@H](OC[C@@H](CO)NC=O)O[C@@H]3CO)[C@@H]2O)O[C@H](CO)[C@@H](O[C@@H]2O[C@H](CO)[C@H](O)[C@H](O[C@H]3O[C@H](CO)[C@H](O)[C@H](O[C@@H]4O[C@H](CO)[C@H](O)[C@H](O)[C@H]4O[C@@H]4O[C@@H](C)[C@@H](O)[C@@H](O)[C@@H]4O)[C@H]3NC(C)=O)[C@H]2O)[C@@H]1O. The van der Waals surface area contributed by atoms with Crippen LogP contribution in [0.25, 0.3) is 0 Å². The molecular weight excluding hydrogens is 1230 g/mol. The molecule has 0 unspecified atom stereocenters. The maximum Gasteiger partial charge on any atom is 0.217 e. The monoisotopic (exact) mass is 1320 g/mol. The summed E-state index contributed by atoms with van der Waals surface area (Å²) in [5, 5.41) is 225. The molecule has 0 aromatic rings. The van der Waals surface area contributed by atoms with Crippen LogP contribution in [-0.4, -0.2) is 394 Å². The molecule has 90 heavy (non-hydrogen) atoms. The molecular formula is C50H85N3O37. The first-order chi connectivity index (χ1) is 42.7. The fraction of sp³-hybridized carbons (Fsp3) is 0.940. The van der Waals surface area contributed by atoms with E-state index in [-0.39, 0.29) is 6.41 Å². The van der Waals surface area contributed by atoms with Crippen LogP contribution in [0.2, 0.25) is 0 Å². The smallest absolute Gasteiger partial charge is 0.217 e. The number of hydrogen-bond acceptors (Lipinski definition) is 37. The Morgan fingerprint density at radius 1 is 0.378 bits per heavy atom. The molecule has 40 heteroatoms. The van der Waals surface area contributed by atoms with Gasteiger partial charge in [0.25, 0.3) is 0 Å². The van der Waals surface area contributed by atoms with Gasteiger partial charge in [-0.1, -0.05) is 0 Å². The Morgan fingerprint density at radius 3 is 1.23 bits per heavy atom. The summed E-state index contributed by atoms with van der Waals surface area (Å²) in [5.41, 5.74) is 0. The van der Waals surface area contributed by atoms with Gasteiger partial charge in [0.05, 0.1) is 65.0 Å². The molecule has 0 spiro atoms. The Hall–Kier alpha value is -2.95. The van der Waals surface area contributed by atoms with E-state index in [1.165, 1.54) is 6.92 Å². The molecule has 23 N–H and O–H groups in total. The number of rotatable bonds is 26. The highest BCUT2D eigenvalue weighted by Crippen LogP contribution is 2.38. The maximum atomic E-state index is 12.9. The lowest BCUT2D eigenvalue weighted by atomic mass is 9.93. The van der Waals surface area contributed by atoms with Gasteiger partial charge in [-0.15, -0.1) is 0 Å². The highest BCUT2D eigenvalue weighted by molar-refractivity contribution is 5.73. The number of carbonyl (C=O) groups excluding carboxylic acids is 3. The molecule has 7 aliphatic rings. The van der Waals surface area contributed by atoms with E-state index in [4.69, 9.17) is 66.3 Å². The third-order valence-corrected chi connectivity index (χ3v) is 16.3. The quantitative estimate of drug-likeness (QED) is 0.0358. The van der Waals surface area contributed by atoms with E-state index in [9.17, 15) is 117 Å². The van der Waals surface area contributed by atoms with Crippen molar-refractivity contribution in [2.24, 2.45) is 0 Å². The molecule has 7 fully saturated rings. The second kappa shape index (κ2) is 33.1. The molecule has 40 nitrogen and oxygen atoms in total. The number of aliphatic hydroxyl groups excluding tert-OH is 20. The van der Waals surface area contributed by atoms with Crippen LogP contribution < -0.4 is 16.0 Å². The van der Waals surface area contributed by atoms with E-state index in [1.54, 1.807) is 0 Å². The molecule has 522 valence electrons. The van der Waals surface area contributed by atoms with Crippen LogP contribution in [0.15, 0.2) is 0 Å². The highest BCUT2D eigenvalue weighted by Gasteiger charge is 2.59. The summed E-state index contributed by atoms with van der Waals surface area (Å²) in [4.78, 5) is 36.6. The Kier molecular flexibility index (Phi) is 27.4. The maximum absolute atomic E-state index is 12.9. The molecule has 7 aliphatic heterocycles. The molecule has 0 bridgehead atoms. The molecule has 7 heterocycles. The summed E-state index contributed by atoms with van der Waals surface area (Å²) in [7, 11) is 0. The van der Waals surface area contributed by atoms with E-state index < -0.39 is 286 Å². The Labute approximate surface area is 510 Å². The number of carbonyl (C=O) groups is 3. The summed E-state index contributed by atoms with van der Waals surface area (Å²) in [6.45, 7) is -4.03. The zero-order valence-corrected chi connectivity index (χ0v) is 48.4. The summed E-state index contributed by atoms with van der Waals surface area (Å²) in [6.07, 6.45) is -63.5. The molecule has 7 rings (SSSR count). The molecule has 0 saturated carbocycles. The van der Waals surface area contributed by atoms with Gasteiger partial charge in [-0.25, -0.2) is 0 Å². The number of ether oxygens (including phenoxy) is 14. The van der Waals surface area contributed by atoms with E-state index >= 15 is 0 Å². The standard InChI is InChI=1S/C50H85N3O37/c1-13-25(64)31(70)34(73)47(78-13)90-43-32(71)26(65)17(5-55)82-50(43)87-40-24(53-15(3)63)45(79-18(6-56)27(40)66)89-42-29(68)20(8-58)80-48(37(42)76)85-38-21(9-59)83-44(23(30(38)69)52-14(2)62)88-41-28(67)19(7-57)81-49(36(41)75)86-39-22(10-60)84-46(35(74)33(39)72)77-11-16(4-54)51-12-61/h12-13,16-50,54-60,64-76H,4-11H2,1-3H3,(H,51,61)(H,52,62)(H,53,63)/t13-,16+,17+,18+,19+,20+,21+,22+,23+,24+,25+,26-,27-,28-,29-,30+,31+,32-,33+,34-,35+,36+,37+,38+,39+,40+,41-,42-,43+,44-,45+,46+,47-,48-,49-,50-/m0/s1. The first-order valence-corrected chi connectivity index (χ1v) is 28.7. The zero-order valence-electron chi connectivity index (χ0n) is 48.4. The molecule has 0 aliphatic carbocycles. The van der Waals surface area contributed by atoms with Crippen LogP contribution in [0.5, 0.6) is 0 Å². The van der Waals surface area contributed by atoms with Crippen molar-refractivity contribution in [1.82, 2.24) is 16.0 Å². The van der Waals surface area contributed by atoms with Crippen molar-refractivity contribution in [1.29, 1.82) is 0 Å². The van der Waals surface area contributed by atoms with Crippen molar-refractivity contribution >= 4 is 18.2 Å². The second-order valence-corrected chi connectivity index (χ2v) is 22.5. The van der Waals surface area contributed by atoms with Gasteiger partial charge in [0.2, 0.25) is 18.2 Å².